The average Bonchev–Trinajstić information content (AvgIpc) is 3.47. The normalized spacial score (nSPS) is 13.4. The van der Waals surface area contributed by atoms with Gasteiger partial charge in [-0.3, -0.25) is 14.4 Å². The van der Waals surface area contributed by atoms with Gasteiger partial charge in [-0.05, 0) is 141 Å². The van der Waals surface area contributed by atoms with Crippen molar-refractivity contribution < 1.29 is 28.6 Å². The predicted octanol–water partition coefficient (Wildman–Crippen LogP) is 22.4. The lowest BCUT2D eigenvalue weighted by Crippen LogP contribution is -2.30. The molecule has 0 fully saturated rings. The summed E-state index contributed by atoms with van der Waals surface area (Å²) in [6.07, 6.45) is 101. The fourth-order valence-electron chi connectivity index (χ4n) is 8.14. The first-order valence-corrected chi connectivity index (χ1v) is 32.3. The zero-order chi connectivity index (χ0) is 58.5. The zero-order valence-corrected chi connectivity index (χ0v) is 51.7. The smallest absolute Gasteiger partial charge is 0.306 e. The summed E-state index contributed by atoms with van der Waals surface area (Å²) in [5.74, 6) is -0.960. The highest BCUT2D eigenvalue weighted by atomic mass is 16.6. The Balaban J connectivity index is 4.16. The van der Waals surface area contributed by atoms with E-state index in [-0.39, 0.29) is 37.5 Å². The first kappa shape index (κ1) is 75.5. The molecule has 6 heteroatoms. The highest BCUT2D eigenvalue weighted by molar-refractivity contribution is 5.71. The van der Waals surface area contributed by atoms with Gasteiger partial charge < -0.3 is 14.2 Å². The van der Waals surface area contributed by atoms with E-state index in [1.165, 1.54) is 25.7 Å². The monoisotopic (exact) mass is 1110 g/mol. The van der Waals surface area contributed by atoms with E-state index in [0.29, 0.717) is 12.8 Å². The van der Waals surface area contributed by atoms with Gasteiger partial charge in [-0.2, -0.15) is 0 Å². The molecular formula is C75H116O6. The SMILES string of the molecule is CC/C=C\C/C=C\C/C=C\C/C=C\C/C=C\C/C=C\C/C=C\C/C=C\C/C=C\CCCCCCCCCC(=O)OCC(COC(=O)CCCCCCC)OC(=O)CCCCCC/C=C\C/C=C\C/C=C\C/C=C\C/C=C\C/C=C\CC. The maximum atomic E-state index is 12.8. The Hall–Kier alpha value is -5.49. The molecular weight excluding hydrogens is 997 g/mol. The Labute approximate surface area is 497 Å². The van der Waals surface area contributed by atoms with Crippen molar-refractivity contribution in [3.8, 4) is 0 Å². The Morgan fingerprint density at radius 1 is 0.259 bits per heavy atom. The number of hydrogen-bond acceptors (Lipinski definition) is 6. The number of carbonyl (C=O) groups is 3. The highest BCUT2D eigenvalue weighted by Crippen LogP contribution is 2.13. The predicted molar refractivity (Wildman–Crippen MR) is 352 cm³/mol. The lowest BCUT2D eigenvalue weighted by Gasteiger charge is -2.18. The minimum absolute atomic E-state index is 0.100. The summed E-state index contributed by atoms with van der Waals surface area (Å²) in [5, 5.41) is 0. The molecule has 0 aliphatic rings. The number of esters is 3. The van der Waals surface area contributed by atoms with Crippen LogP contribution in [-0.2, 0) is 28.6 Å². The number of ether oxygens (including phenoxy) is 3. The quantitative estimate of drug-likeness (QED) is 0.0261. The van der Waals surface area contributed by atoms with Crippen LogP contribution in [0.1, 0.15) is 252 Å². The van der Waals surface area contributed by atoms with Gasteiger partial charge in [0, 0.05) is 19.3 Å². The third-order valence-electron chi connectivity index (χ3n) is 12.9. The second-order valence-electron chi connectivity index (χ2n) is 20.6. The van der Waals surface area contributed by atoms with Crippen molar-refractivity contribution >= 4 is 17.9 Å². The molecule has 1 unspecified atom stereocenters. The molecule has 0 aliphatic carbocycles. The molecule has 0 aromatic heterocycles. The van der Waals surface area contributed by atoms with E-state index in [4.69, 9.17) is 14.2 Å². The Bertz CT molecular complexity index is 1900. The molecule has 452 valence electrons. The van der Waals surface area contributed by atoms with Crippen molar-refractivity contribution in [1.29, 1.82) is 0 Å². The number of carbonyl (C=O) groups excluding carboxylic acids is 3. The molecule has 0 saturated heterocycles. The first-order valence-electron chi connectivity index (χ1n) is 32.3. The van der Waals surface area contributed by atoms with Crippen molar-refractivity contribution in [2.75, 3.05) is 13.2 Å². The minimum atomic E-state index is -0.803. The summed E-state index contributed by atoms with van der Waals surface area (Å²) in [4.78, 5) is 37.9. The van der Waals surface area contributed by atoms with Crippen LogP contribution in [0.5, 0.6) is 0 Å². The van der Waals surface area contributed by atoms with Gasteiger partial charge in [-0.1, -0.05) is 274 Å². The Morgan fingerprint density at radius 3 is 0.753 bits per heavy atom. The topological polar surface area (TPSA) is 78.9 Å². The molecule has 0 spiro atoms. The van der Waals surface area contributed by atoms with Crippen LogP contribution in [0, 0.1) is 0 Å². The number of unbranched alkanes of at least 4 members (excludes halogenated alkanes) is 15. The molecule has 0 heterocycles. The van der Waals surface area contributed by atoms with Gasteiger partial charge in [0.05, 0.1) is 0 Å². The molecule has 0 bridgehead atoms. The van der Waals surface area contributed by atoms with Gasteiger partial charge in [0.25, 0.3) is 0 Å². The van der Waals surface area contributed by atoms with Gasteiger partial charge in [0.2, 0.25) is 0 Å². The zero-order valence-electron chi connectivity index (χ0n) is 51.7. The van der Waals surface area contributed by atoms with E-state index in [0.717, 1.165) is 186 Å². The summed E-state index contributed by atoms with van der Waals surface area (Å²) < 4.78 is 16.7. The van der Waals surface area contributed by atoms with Crippen molar-refractivity contribution in [2.24, 2.45) is 0 Å². The van der Waals surface area contributed by atoms with Crippen LogP contribution in [0.3, 0.4) is 0 Å². The number of allylic oxidation sites excluding steroid dienone is 30. The van der Waals surface area contributed by atoms with Crippen LogP contribution in [-0.4, -0.2) is 37.2 Å². The Kier molecular flexibility index (Phi) is 62.5. The average molecular weight is 1110 g/mol. The van der Waals surface area contributed by atoms with Crippen molar-refractivity contribution in [2.45, 2.75) is 258 Å². The van der Waals surface area contributed by atoms with E-state index < -0.39 is 6.10 Å². The van der Waals surface area contributed by atoms with Crippen LogP contribution in [0.2, 0.25) is 0 Å². The van der Waals surface area contributed by atoms with Gasteiger partial charge in [-0.15, -0.1) is 0 Å². The lowest BCUT2D eigenvalue weighted by atomic mass is 10.1. The second-order valence-corrected chi connectivity index (χ2v) is 20.6. The Morgan fingerprint density at radius 2 is 0.481 bits per heavy atom. The fraction of sp³-hybridized carbons (Fsp3) is 0.560. The summed E-state index contributed by atoms with van der Waals surface area (Å²) >= 11 is 0. The minimum Gasteiger partial charge on any atom is -0.462 e. The van der Waals surface area contributed by atoms with Gasteiger partial charge in [0.1, 0.15) is 13.2 Å². The van der Waals surface area contributed by atoms with Crippen LogP contribution in [0.4, 0.5) is 0 Å². The van der Waals surface area contributed by atoms with Crippen LogP contribution < -0.4 is 0 Å². The second kappa shape index (κ2) is 67.0. The molecule has 0 saturated carbocycles. The summed E-state index contributed by atoms with van der Waals surface area (Å²) in [5.41, 5.74) is 0. The highest BCUT2D eigenvalue weighted by Gasteiger charge is 2.19. The van der Waals surface area contributed by atoms with Crippen molar-refractivity contribution in [3.05, 3.63) is 182 Å². The van der Waals surface area contributed by atoms with E-state index in [2.05, 4.69) is 203 Å². The molecule has 81 heavy (non-hydrogen) atoms. The molecule has 0 aromatic rings. The third-order valence-corrected chi connectivity index (χ3v) is 12.9. The van der Waals surface area contributed by atoms with E-state index in [9.17, 15) is 14.4 Å². The summed E-state index contributed by atoms with van der Waals surface area (Å²) in [6.45, 7) is 6.28. The first-order chi connectivity index (χ1) is 40.0. The summed E-state index contributed by atoms with van der Waals surface area (Å²) in [6, 6.07) is 0. The maximum absolute atomic E-state index is 12.8. The molecule has 6 nitrogen and oxygen atoms in total. The van der Waals surface area contributed by atoms with E-state index in [1.807, 2.05) is 0 Å². The van der Waals surface area contributed by atoms with Crippen LogP contribution >= 0.6 is 0 Å². The molecule has 0 aromatic carbocycles. The maximum Gasteiger partial charge on any atom is 0.306 e. The molecule has 0 radical (unpaired) electrons. The largest absolute Gasteiger partial charge is 0.462 e. The third kappa shape index (κ3) is 65.2. The number of hydrogen-bond donors (Lipinski definition) is 0. The van der Waals surface area contributed by atoms with Crippen LogP contribution in [0.15, 0.2) is 182 Å². The molecule has 0 N–H and O–H groups in total. The number of rotatable bonds is 56. The fourth-order valence-corrected chi connectivity index (χ4v) is 8.14. The van der Waals surface area contributed by atoms with Crippen LogP contribution in [0.25, 0.3) is 0 Å². The standard InChI is InChI=1S/C75H116O6/c1-4-7-10-13-15-17-19-21-23-25-27-29-31-32-33-34-35-36-37-38-39-40-41-42-44-45-47-49-51-53-55-57-59-62-65-68-74(77)80-71-72(70-79-73(76)67-64-61-12-9-6-3)81-75(78)69-66-63-60-58-56-54-52-50-48-46-43-30-28-26-24-22-20-18-16-14-11-8-5-2/h7-8,10-11,15-18,21-24,27-30,32-33,35-36,38-39,41-42,45-48,52,54,72H,4-6,9,12-14,19-20,25-26,31,34,37,40,43-44,49-51,53,55-71H2,1-3H3/b10-7-,11-8-,17-15-,18-16-,23-21-,24-22-,29-27-,30-28-,33-32-,36-35-,39-38-,42-41-,47-45-,48-46-,54-52-. The van der Waals surface area contributed by atoms with Gasteiger partial charge in [-0.25, -0.2) is 0 Å². The molecule has 0 amide bonds. The molecule has 0 aliphatic heterocycles. The van der Waals surface area contributed by atoms with Crippen molar-refractivity contribution in [3.63, 3.8) is 0 Å². The summed E-state index contributed by atoms with van der Waals surface area (Å²) in [7, 11) is 0. The molecule has 1 atom stereocenters. The van der Waals surface area contributed by atoms with Crippen molar-refractivity contribution in [1.82, 2.24) is 0 Å². The van der Waals surface area contributed by atoms with Gasteiger partial charge in [0.15, 0.2) is 6.10 Å². The van der Waals surface area contributed by atoms with Gasteiger partial charge >= 0.3 is 17.9 Å². The lowest BCUT2D eigenvalue weighted by molar-refractivity contribution is -0.167. The molecule has 0 rings (SSSR count). The van der Waals surface area contributed by atoms with E-state index in [1.54, 1.807) is 0 Å². The van der Waals surface area contributed by atoms with E-state index >= 15 is 0 Å².